The monoisotopic (exact) mass is 234 g/mol. The number of hydrogen-bond acceptors (Lipinski definition) is 3. The Balaban J connectivity index is 2.13. The fourth-order valence-corrected chi connectivity index (χ4v) is 2.63. The third kappa shape index (κ3) is 2.55. The van der Waals surface area contributed by atoms with Gasteiger partial charge in [0.25, 0.3) is 0 Å². The number of rotatable bonds is 5. The zero-order valence-electron chi connectivity index (χ0n) is 11.0. The molecule has 0 aromatic heterocycles. The summed E-state index contributed by atoms with van der Waals surface area (Å²) in [6.07, 6.45) is 2.47. The summed E-state index contributed by atoms with van der Waals surface area (Å²) in [7, 11) is 5.91. The molecule has 0 aliphatic carbocycles. The summed E-state index contributed by atoms with van der Waals surface area (Å²) in [6, 6.07) is 6.42. The molecule has 1 aliphatic rings. The second-order valence-corrected chi connectivity index (χ2v) is 4.75. The number of nitrogens with one attached hydrogen (secondary N) is 1. The lowest BCUT2D eigenvalue weighted by Crippen LogP contribution is -2.16. The van der Waals surface area contributed by atoms with Gasteiger partial charge in [-0.15, -0.1) is 0 Å². The number of ether oxygens (including phenoxy) is 1. The number of nitrogens with zero attached hydrogens (tertiary/aromatic N) is 1. The van der Waals surface area contributed by atoms with Crippen molar-refractivity contribution in [2.24, 2.45) is 0 Å². The Morgan fingerprint density at radius 1 is 1.47 bits per heavy atom. The van der Waals surface area contributed by atoms with E-state index in [1.54, 1.807) is 7.11 Å². The van der Waals surface area contributed by atoms with Crippen LogP contribution in [0.4, 0.5) is 5.69 Å². The minimum atomic E-state index is 0.651. The van der Waals surface area contributed by atoms with Gasteiger partial charge in [0.1, 0.15) is 5.75 Å². The van der Waals surface area contributed by atoms with Gasteiger partial charge in [0.2, 0.25) is 0 Å². The number of anilines is 1. The fraction of sp³-hybridized carbons (Fsp3) is 0.571. The van der Waals surface area contributed by atoms with Crippen LogP contribution in [0.1, 0.15) is 24.3 Å². The largest absolute Gasteiger partial charge is 0.497 e. The molecule has 3 nitrogen and oxygen atoms in total. The summed E-state index contributed by atoms with van der Waals surface area (Å²) in [6.45, 7) is 2.23. The second kappa shape index (κ2) is 5.41. The van der Waals surface area contributed by atoms with E-state index in [2.05, 4.69) is 29.4 Å². The van der Waals surface area contributed by atoms with Crippen molar-refractivity contribution >= 4 is 5.69 Å². The molecule has 1 N–H and O–H groups in total. The highest BCUT2D eigenvalue weighted by Crippen LogP contribution is 2.39. The van der Waals surface area contributed by atoms with Gasteiger partial charge >= 0.3 is 0 Å². The molecule has 1 aliphatic heterocycles. The Hall–Kier alpha value is -1.22. The Morgan fingerprint density at radius 3 is 3.00 bits per heavy atom. The number of hydrogen-bond donors (Lipinski definition) is 1. The van der Waals surface area contributed by atoms with Gasteiger partial charge in [-0.25, -0.2) is 0 Å². The smallest absolute Gasteiger partial charge is 0.119 e. The highest BCUT2D eigenvalue weighted by Gasteiger charge is 2.26. The van der Waals surface area contributed by atoms with E-state index < -0.39 is 0 Å². The first kappa shape index (κ1) is 12.2. The van der Waals surface area contributed by atoms with Crippen LogP contribution < -0.4 is 15.0 Å². The third-order valence-corrected chi connectivity index (χ3v) is 3.56. The van der Waals surface area contributed by atoms with Crippen molar-refractivity contribution in [3.05, 3.63) is 23.8 Å². The molecule has 0 saturated carbocycles. The van der Waals surface area contributed by atoms with E-state index in [0.29, 0.717) is 5.92 Å². The van der Waals surface area contributed by atoms with Crippen molar-refractivity contribution in [3.63, 3.8) is 0 Å². The Morgan fingerprint density at radius 2 is 2.29 bits per heavy atom. The summed E-state index contributed by atoms with van der Waals surface area (Å²) < 4.78 is 5.32. The van der Waals surface area contributed by atoms with Crippen LogP contribution in [-0.2, 0) is 0 Å². The minimum absolute atomic E-state index is 0.651. The van der Waals surface area contributed by atoms with Crippen LogP contribution in [0.25, 0.3) is 0 Å². The van der Waals surface area contributed by atoms with Crippen molar-refractivity contribution in [2.75, 3.05) is 39.2 Å². The molecule has 1 atom stereocenters. The Bertz CT molecular complexity index is 378. The summed E-state index contributed by atoms with van der Waals surface area (Å²) in [4.78, 5) is 2.35. The van der Waals surface area contributed by atoms with E-state index in [1.807, 2.05) is 13.1 Å². The van der Waals surface area contributed by atoms with Crippen LogP contribution in [0, 0.1) is 0 Å². The highest BCUT2D eigenvalue weighted by atomic mass is 16.5. The zero-order valence-corrected chi connectivity index (χ0v) is 11.0. The van der Waals surface area contributed by atoms with E-state index in [-0.39, 0.29) is 0 Å². The van der Waals surface area contributed by atoms with Crippen LogP contribution in [0.2, 0.25) is 0 Å². The van der Waals surface area contributed by atoms with Crippen molar-refractivity contribution in [3.8, 4) is 5.75 Å². The van der Waals surface area contributed by atoms with Gasteiger partial charge in [-0.05, 0) is 50.2 Å². The third-order valence-electron chi connectivity index (χ3n) is 3.56. The van der Waals surface area contributed by atoms with E-state index in [9.17, 15) is 0 Å². The van der Waals surface area contributed by atoms with Crippen molar-refractivity contribution in [2.45, 2.75) is 18.8 Å². The predicted molar refractivity (Wildman–Crippen MR) is 72.2 cm³/mol. The lowest BCUT2D eigenvalue weighted by atomic mass is 9.96. The first-order valence-corrected chi connectivity index (χ1v) is 6.30. The number of benzene rings is 1. The molecule has 1 aromatic carbocycles. The molecule has 1 unspecified atom stereocenters. The molecular weight excluding hydrogens is 212 g/mol. The van der Waals surface area contributed by atoms with Gasteiger partial charge in [-0.2, -0.15) is 0 Å². The molecule has 0 saturated heterocycles. The molecule has 0 bridgehead atoms. The van der Waals surface area contributed by atoms with Crippen molar-refractivity contribution in [1.82, 2.24) is 5.32 Å². The van der Waals surface area contributed by atoms with Gasteiger partial charge in [0.05, 0.1) is 7.11 Å². The van der Waals surface area contributed by atoms with E-state index in [0.717, 1.165) is 18.8 Å². The number of fused-ring (bicyclic) bond motifs is 1. The quantitative estimate of drug-likeness (QED) is 0.791. The molecule has 1 aromatic rings. The molecule has 94 valence electrons. The average Bonchev–Trinajstić information content (AvgIpc) is 2.66. The first-order valence-electron chi connectivity index (χ1n) is 6.30. The van der Waals surface area contributed by atoms with E-state index in [1.165, 1.54) is 24.1 Å². The maximum atomic E-state index is 5.32. The van der Waals surface area contributed by atoms with Gasteiger partial charge in [-0.1, -0.05) is 0 Å². The SMILES string of the molecule is CNCCCC1CN(C)c2ccc(OC)cc21. The summed E-state index contributed by atoms with van der Waals surface area (Å²) >= 11 is 0. The molecule has 0 amide bonds. The lowest BCUT2D eigenvalue weighted by Gasteiger charge is -2.12. The molecule has 1 heterocycles. The minimum Gasteiger partial charge on any atom is -0.497 e. The maximum Gasteiger partial charge on any atom is 0.119 e. The topological polar surface area (TPSA) is 24.5 Å². The average molecular weight is 234 g/mol. The van der Waals surface area contributed by atoms with Crippen molar-refractivity contribution < 1.29 is 4.74 Å². The summed E-state index contributed by atoms with van der Waals surface area (Å²) in [5.41, 5.74) is 2.81. The zero-order chi connectivity index (χ0) is 12.3. The van der Waals surface area contributed by atoms with Gasteiger partial charge < -0.3 is 15.0 Å². The number of likely N-dealkylation sites (N-methyl/N-ethyl adjacent to an activating group) is 1. The van der Waals surface area contributed by atoms with Crippen LogP contribution in [0.3, 0.4) is 0 Å². The second-order valence-electron chi connectivity index (χ2n) is 4.75. The van der Waals surface area contributed by atoms with Crippen molar-refractivity contribution in [1.29, 1.82) is 0 Å². The molecular formula is C14H22N2O. The summed E-state index contributed by atoms with van der Waals surface area (Å²) in [5.74, 6) is 1.62. The molecule has 0 spiro atoms. The normalized spacial score (nSPS) is 18.3. The lowest BCUT2D eigenvalue weighted by molar-refractivity contribution is 0.414. The van der Waals surface area contributed by atoms with E-state index in [4.69, 9.17) is 4.74 Å². The first-order chi connectivity index (χ1) is 8.26. The van der Waals surface area contributed by atoms with Crippen LogP contribution >= 0.6 is 0 Å². The predicted octanol–water partition coefficient (Wildman–Crippen LogP) is 2.23. The number of methoxy groups -OCH3 is 1. The Kier molecular flexibility index (Phi) is 3.89. The fourth-order valence-electron chi connectivity index (χ4n) is 2.63. The summed E-state index contributed by atoms with van der Waals surface area (Å²) in [5, 5.41) is 3.21. The van der Waals surface area contributed by atoms with Gasteiger partial charge in [0.15, 0.2) is 0 Å². The molecule has 2 rings (SSSR count). The van der Waals surface area contributed by atoms with E-state index >= 15 is 0 Å². The maximum absolute atomic E-state index is 5.32. The van der Waals surface area contributed by atoms with Crippen LogP contribution in [0.5, 0.6) is 5.75 Å². The standard InChI is InChI=1S/C14H22N2O/c1-15-8-4-5-11-10-16(2)14-7-6-12(17-3)9-13(11)14/h6-7,9,11,15H,4-5,8,10H2,1-3H3. The molecule has 17 heavy (non-hydrogen) atoms. The molecule has 0 fully saturated rings. The highest BCUT2D eigenvalue weighted by molar-refractivity contribution is 5.61. The van der Waals surface area contributed by atoms with Gasteiger partial charge in [-0.3, -0.25) is 0 Å². The van der Waals surface area contributed by atoms with Crippen LogP contribution in [0.15, 0.2) is 18.2 Å². The Labute approximate surface area is 104 Å². The molecule has 0 radical (unpaired) electrons. The molecule has 3 heteroatoms. The van der Waals surface area contributed by atoms with Gasteiger partial charge in [0, 0.05) is 25.2 Å². The van der Waals surface area contributed by atoms with Crippen LogP contribution in [-0.4, -0.2) is 34.3 Å².